The minimum Gasteiger partial charge on any atom is -0.453 e. The number of nitrogens with one attached hydrogen (secondary N) is 1. The Balaban J connectivity index is 1.91. The number of amides is 2. The predicted octanol–water partition coefficient (Wildman–Crippen LogP) is 4.83. The number of thiazole rings is 1. The Morgan fingerprint density at radius 2 is 1.86 bits per heavy atom. The molecule has 3 aromatic rings. The molecule has 0 aliphatic heterocycles. The zero-order chi connectivity index (χ0) is 20.1. The number of nitrogens with zero attached hydrogens (tertiary/aromatic N) is 2. The van der Waals surface area contributed by atoms with Crippen molar-refractivity contribution in [1.29, 1.82) is 0 Å². The van der Waals surface area contributed by atoms with Crippen LogP contribution in [-0.4, -0.2) is 30.6 Å². The molecule has 1 aromatic heterocycles. The number of carbonyl (C=O) groups excluding carboxylic acids is 2. The van der Waals surface area contributed by atoms with E-state index < -0.39 is 6.09 Å². The Kier molecular flexibility index (Phi) is 6.26. The van der Waals surface area contributed by atoms with Crippen LogP contribution < -0.4 is 10.2 Å². The minimum absolute atomic E-state index is 0.136. The van der Waals surface area contributed by atoms with E-state index in [1.165, 1.54) is 24.0 Å². The summed E-state index contributed by atoms with van der Waals surface area (Å²) in [6.07, 6.45) is -0.419. The molecule has 0 aliphatic rings. The van der Waals surface area contributed by atoms with Gasteiger partial charge in [0.15, 0.2) is 5.13 Å². The van der Waals surface area contributed by atoms with E-state index in [-0.39, 0.29) is 18.9 Å². The standard InChI is InChI=1S/C21H23N3O3S/c1-14(2)15-8-10-16(11-9-15)24(19(25)12-13-22-21(26)27-3)20-23-17-6-4-5-7-18(17)28-20/h4-11,14H,12-13H2,1-3H3,(H,22,26). The van der Waals surface area contributed by atoms with Gasteiger partial charge in [0.2, 0.25) is 5.91 Å². The Labute approximate surface area is 168 Å². The fourth-order valence-corrected chi connectivity index (χ4v) is 3.78. The van der Waals surface area contributed by atoms with Crippen LogP contribution in [0.25, 0.3) is 10.2 Å². The fraction of sp³-hybridized carbons (Fsp3) is 0.286. The van der Waals surface area contributed by atoms with Gasteiger partial charge in [0.1, 0.15) is 0 Å². The highest BCUT2D eigenvalue weighted by molar-refractivity contribution is 7.22. The van der Waals surface area contributed by atoms with Crippen molar-refractivity contribution in [2.75, 3.05) is 18.6 Å². The van der Waals surface area contributed by atoms with Crippen LogP contribution >= 0.6 is 11.3 Å². The third-order valence-corrected chi connectivity index (χ3v) is 5.36. The molecule has 6 nitrogen and oxygen atoms in total. The average Bonchev–Trinajstić information content (AvgIpc) is 3.11. The van der Waals surface area contributed by atoms with E-state index in [2.05, 4.69) is 28.9 Å². The summed E-state index contributed by atoms with van der Waals surface area (Å²) >= 11 is 1.47. The Morgan fingerprint density at radius 1 is 1.14 bits per heavy atom. The van der Waals surface area contributed by atoms with Crippen LogP contribution in [0.5, 0.6) is 0 Å². The summed E-state index contributed by atoms with van der Waals surface area (Å²) in [6, 6.07) is 15.7. The largest absolute Gasteiger partial charge is 0.453 e. The summed E-state index contributed by atoms with van der Waals surface area (Å²) in [5, 5.41) is 3.16. The highest BCUT2D eigenvalue weighted by atomic mass is 32.1. The van der Waals surface area contributed by atoms with Crippen molar-refractivity contribution in [3.8, 4) is 0 Å². The summed E-state index contributed by atoms with van der Waals surface area (Å²) in [5.41, 5.74) is 2.81. The lowest BCUT2D eigenvalue weighted by Crippen LogP contribution is -2.31. The van der Waals surface area contributed by atoms with Gasteiger partial charge in [-0.3, -0.25) is 9.69 Å². The number of carbonyl (C=O) groups is 2. The smallest absolute Gasteiger partial charge is 0.406 e. The molecule has 0 aliphatic carbocycles. The zero-order valence-corrected chi connectivity index (χ0v) is 17.0. The van der Waals surface area contributed by atoms with E-state index in [9.17, 15) is 9.59 Å². The molecule has 1 heterocycles. The molecular formula is C21H23N3O3S. The molecule has 0 fully saturated rings. The molecule has 1 N–H and O–H groups in total. The number of aromatic nitrogens is 1. The van der Waals surface area contributed by atoms with Gasteiger partial charge in [-0.15, -0.1) is 0 Å². The summed E-state index contributed by atoms with van der Waals surface area (Å²) in [4.78, 5) is 30.5. The maximum atomic E-state index is 13.0. The average molecular weight is 398 g/mol. The SMILES string of the molecule is COC(=O)NCCC(=O)N(c1ccc(C(C)C)cc1)c1nc2ccccc2s1. The molecule has 0 saturated carbocycles. The molecule has 3 rings (SSSR count). The molecule has 7 heteroatoms. The van der Waals surface area contributed by atoms with Crippen molar-refractivity contribution in [2.45, 2.75) is 26.2 Å². The van der Waals surface area contributed by atoms with Crippen molar-refractivity contribution in [1.82, 2.24) is 10.3 Å². The van der Waals surface area contributed by atoms with Crippen molar-refractivity contribution in [3.63, 3.8) is 0 Å². The van der Waals surface area contributed by atoms with Crippen LogP contribution in [0.15, 0.2) is 48.5 Å². The molecule has 0 saturated heterocycles. The van der Waals surface area contributed by atoms with E-state index >= 15 is 0 Å². The van der Waals surface area contributed by atoms with Crippen molar-refractivity contribution >= 4 is 44.4 Å². The van der Waals surface area contributed by atoms with Crippen LogP contribution in [0.4, 0.5) is 15.6 Å². The van der Waals surface area contributed by atoms with E-state index in [4.69, 9.17) is 0 Å². The predicted molar refractivity (Wildman–Crippen MR) is 112 cm³/mol. The number of methoxy groups -OCH3 is 1. The van der Waals surface area contributed by atoms with Crippen LogP contribution in [-0.2, 0) is 9.53 Å². The summed E-state index contributed by atoms with van der Waals surface area (Å²) in [6.45, 7) is 4.45. The number of hydrogen-bond acceptors (Lipinski definition) is 5. The van der Waals surface area contributed by atoms with Crippen LogP contribution in [0.2, 0.25) is 0 Å². The summed E-state index contributed by atoms with van der Waals surface area (Å²) in [7, 11) is 1.29. The number of rotatable bonds is 6. The Morgan fingerprint density at radius 3 is 2.50 bits per heavy atom. The number of alkyl carbamates (subject to hydrolysis) is 1. The quantitative estimate of drug-likeness (QED) is 0.647. The van der Waals surface area contributed by atoms with Crippen LogP contribution in [0.1, 0.15) is 31.7 Å². The lowest BCUT2D eigenvalue weighted by Gasteiger charge is -2.21. The second-order valence-corrected chi connectivity index (χ2v) is 7.62. The first-order chi connectivity index (χ1) is 13.5. The molecule has 0 atom stereocenters. The molecule has 28 heavy (non-hydrogen) atoms. The van der Waals surface area contributed by atoms with Crippen molar-refractivity contribution < 1.29 is 14.3 Å². The molecule has 0 spiro atoms. The summed E-state index contributed by atoms with van der Waals surface area (Å²) < 4.78 is 5.57. The first-order valence-corrected chi connectivity index (χ1v) is 9.91. The highest BCUT2D eigenvalue weighted by Crippen LogP contribution is 2.34. The first kappa shape index (κ1) is 19.8. The van der Waals surface area contributed by atoms with Crippen LogP contribution in [0, 0.1) is 0 Å². The van der Waals surface area contributed by atoms with Gasteiger partial charge in [-0.2, -0.15) is 0 Å². The second-order valence-electron chi connectivity index (χ2n) is 6.61. The van der Waals surface area contributed by atoms with E-state index in [0.717, 1.165) is 15.9 Å². The zero-order valence-electron chi connectivity index (χ0n) is 16.1. The van der Waals surface area contributed by atoms with Gasteiger partial charge in [-0.25, -0.2) is 9.78 Å². The van der Waals surface area contributed by atoms with Crippen LogP contribution in [0.3, 0.4) is 0 Å². The molecular weight excluding hydrogens is 374 g/mol. The fourth-order valence-electron chi connectivity index (χ4n) is 2.78. The number of ether oxygens (including phenoxy) is 1. The van der Waals surface area contributed by atoms with Gasteiger partial charge in [-0.1, -0.05) is 49.4 Å². The normalized spacial score (nSPS) is 10.9. The highest BCUT2D eigenvalue weighted by Gasteiger charge is 2.22. The minimum atomic E-state index is -0.555. The van der Waals surface area contributed by atoms with E-state index in [1.807, 2.05) is 48.5 Å². The van der Waals surface area contributed by atoms with E-state index in [1.54, 1.807) is 4.90 Å². The summed E-state index contributed by atoms with van der Waals surface area (Å²) in [5.74, 6) is 0.262. The van der Waals surface area contributed by atoms with Gasteiger partial charge in [0.05, 0.1) is 23.0 Å². The third kappa shape index (κ3) is 4.48. The maximum absolute atomic E-state index is 13.0. The van der Waals surface area contributed by atoms with Gasteiger partial charge in [0, 0.05) is 13.0 Å². The molecule has 0 bridgehead atoms. The third-order valence-electron chi connectivity index (χ3n) is 4.33. The number of benzene rings is 2. The Bertz CT molecular complexity index is 933. The lowest BCUT2D eigenvalue weighted by molar-refractivity contribution is -0.117. The first-order valence-electron chi connectivity index (χ1n) is 9.10. The number of anilines is 2. The second kappa shape index (κ2) is 8.84. The lowest BCUT2D eigenvalue weighted by atomic mass is 10.0. The van der Waals surface area contributed by atoms with Gasteiger partial charge < -0.3 is 10.1 Å². The van der Waals surface area contributed by atoms with Gasteiger partial charge >= 0.3 is 6.09 Å². The molecule has 0 unspecified atom stereocenters. The van der Waals surface area contributed by atoms with E-state index in [0.29, 0.717) is 11.0 Å². The number of para-hydroxylation sites is 1. The van der Waals surface area contributed by atoms with Gasteiger partial charge in [-0.05, 0) is 35.7 Å². The number of fused-ring (bicyclic) bond motifs is 1. The molecule has 2 amide bonds. The van der Waals surface area contributed by atoms with Gasteiger partial charge in [0.25, 0.3) is 0 Å². The monoisotopic (exact) mass is 397 g/mol. The molecule has 2 aromatic carbocycles. The molecule has 146 valence electrons. The topological polar surface area (TPSA) is 71.5 Å². The maximum Gasteiger partial charge on any atom is 0.406 e. The van der Waals surface area contributed by atoms with Crippen molar-refractivity contribution in [3.05, 3.63) is 54.1 Å². The number of hydrogen-bond donors (Lipinski definition) is 1. The Hall–Kier alpha value is -2.93. The van der Waals surface area contributed by atoms with Crippen molar-refractivity contribution in [2.24, 2.45) is 0 Å². The molecule has 0 radical (unpaired) electrons.